The molecule has 0 amide bonds. The van der Waals surface area contributed by atoms with Gasteiger partial charge in [0.2, 0.25) is 0 Å². The second-order valence-electron chi connectivity index (χ2n) is 4.37. The smallest absolute Gasteiger partial charge is 0.199 e. The first-order valence-electron chi connectivity index (χ1n) is 6.09. The molecule has 20 heavy (non-hydrogen) atoms. The van der Waals surface area contributed by atoms with E-state index in [9.17, 15) is 0 Å². The summed E-state index contributed by atoms with van der Waals surface area (Å²) < 4.78 is 6.21. The van der Waals surface area contributed by atoms with E-state index in [1.54, 1.807) is 12.3 Å². The van der Waals surface area contributed by atoms with E-state index in [1.165, 1.54) is 0 Å². The van der Waals surface area contributed by atoms with Gasteiger partial charge in [-0.15, -0.1) is 0 Å². The number of nitrogens with zero attached hydrogens (tertiary/aromatic N) is 2. The van der Waals surface area contributed by atoms with E-state index in [4.69, 9.17) is 10.2 Å². The highest BCUT2D eigenvalue weighted by molar-refractivity contribution is 9.10. The van der Waals surface area contributed by atoms with Gasteiger partial charge in [-0.25, -0.2) is 9.97 Å². The number of hydrogen-bond acceptors (Lipinski definition) is 4. The van der Waals surface area contributed by atoms with Crippen LogP contribution in [0.3, 0.4) is 0 Å². The Morgan fingerprint density at radius 3 is 2.50 bits per heavy atom. The fourth-order valence-electron chi connectivity index (χ4n) is 1.97. The number of nitrogen functional groups attached to an aromatic ring is 1. The largest absolute Gasteiger partial charge is 0.460 e. The molecule has 2 N–H and O–H groups in total. The van der Waals surface area contributed by atoms with Crippen molar-refractivity contribution < 1.29 is 4.42 Å². The number of nitrogens with two attached hydrogens (primary N) is 1. The number of benzene rings is 1. The van der Waals surface area contributed by atoms with Gasteiger partial charge in [0, 0.05) is 11.1 Å². The molecule has 100 valence electrons. The van der Waals surface area contributed by atoms with Gasteiger partial charge in [0.25, 0.3) is 0 Å². The first kappa shape index (κ1) is 12.9. The van der Waals surface area contributed by atoms with Crippen LogP contribution in [0.25, 0.3) is 22.8 Å². The molecule has 0 aliphatic heterocycles. The average molecular weight is 330 g/mol. The first-order chi connectivity index (χ1) is 9.66. The molecule has 0 aliphatic rings. The van der Waals surface area contributed by atoms with Crippen molar-refractivity contribution in [2.75, 3.05) is 5.73 Å². The highest BCUT2D eigenvalue weighted by Crippen LogP contribution is 2.31. The molecule has 0 spiro atoms. The fraction of sp³-hybridized carbons (Fsp3) is 0.0667. The number of halogens is 1. The Morgan fingerprint density at radius 1 is 1.10 bits per heavy atom. The van der Waals surface area contributed by atoms with Crippen LogP contribution in [0.2, 0.25) is 0 Å². The van der Waals surface area contributed by atoms with Crippen molar-refractivity contribution in [3.63, 3.8) is 0 Å². The molecule has 0 atom stereocenters. The van der Waals surface area contributed by atoms with E-state index >= 15 is 0 Å². The van der Waals surface area contributed by atoms with Gasteiger partial charge in [-0.1, -0.05) is 30.3 Å². The minimum absolute atomic E-state index is 0.456. The van der Waals surface area contributed by atoms with Gasteiger partial charge in [-0.3, -0.25) is 0 Å². The lowest BCUT2D eigenvalue weighted by Crippen LogP contribution is -2.02. The highest BCUT2D eigenvalue weighted by atomic mass is 79.9. The third-order valence-electron chi connectivity index (χ3n) is 3.05. The third kappa shape index (κ3) is 2.20. The molecular formula is C15H12BrN3O. The Morgan fingerprint density at radius 2 is 1.85 bits per heavy atom. The zero-order chi connectivity index (χ0) is 14.1. The van der Waals surface area contributed by atoms with Crippen LogP contribution >= 0.6 is 15.9 Å². The Kier molecular flexibility index (Phi) is 3.28. The molecule has 0 unspecified atom stereocenters. The summed E-state index contributed by atoms with van der Waals surface area (Å²) in [4.78, 5) is 8.90. The van der Waals surface area contributed by atoms with Crippen molar-refractivity contribution >= 4 is 21.7 Å². The summed E-state index contributed by atoms with van der Waals surface area (Å²) in [6.07, 6.45) is 1.58. The second kappa shape index (κ2) is 5.09. The molecule has 0 aliphatic carbocycles. The molecule has 0 fully saturated rings. The maximum absolute atomic E-state index is 6.01. The standard InChI is InChI=1S/C15H12BrN3O/c1-9-12(10-5-3-2-4-6-10)18-15(19-14(9)17)13-11(16)7-8-20-13/h2-8H,1H3,(H2,17,18,19). The summed E-state index contributed by atoms with van der Waals surface area (Å²) in [5.41, 5.74) is 8.69. The molecule has 2 aromatic heterocycles. The number of furan rings is 1. The van der Waals surface area contributed by atoms with Gasteiger partial charge in [-0.2, -0.15) is 0 Å². The lowest BCUT2D eigenvalue weighted by atomic mass is 10.1. The normalized spacial score (nSPS) is 10.7. The lowest BCUT2D eigenvalue weighted by Gasteiger charge is -2.09. The van der Waals surface area contributed by atoms with Crippen LogP contribution in [-0.4, -0.2) is 9.97 Å². The molecular weight excluding hydrogens is 318 g/mol. The zero-order valence-corrected chi connectivity index (χ0v) is 12.4. The van der Waals surface area contributed by atoms with Crippen LogP contribution in [-0.2, 0) is 0 Å². The summed E-state index contributed by atoms with van der Waals surface area (Å²) in [5.74, 6) is 1.51. The molecule has 0 bridgehead atoms. The quantitative estimate of drug-likeness (QED) is 0.770. The highest BCUT2D eigenvalue weighted by Gasteiger charge is 2.15. The Labute approximate surface area is 124 Å². The maximum atomic E-state index is 6.01. The van der Waals surface area contributed by atoms with Crippen molar-refractivity contribution in [1.29, 1.82) is 0 Å². The van der Waals surface area contributed by atoms with Gasteiger partial charge in [0.15, 0.2) is 11.6 Å². The monoisotopic (exact) mass is 329 g/mol. The van der Waals surface area contributed by atoms with E-state index in [-0.39, 0.29) is 0 Å². The molecule has 0 saturated heterocycles. The second-order valence-corrected chi connectivity index (χ2v) is 5.22. The van der Waals surface area contributed by atoms with Gasteiger partial charge in [0.1, 0.15) is 5.82 Å². The number of hydrogen-bond donors (Lipinski definition) is 1. The van der Waals surface area contributed by atoms with Crippen molar-refractivity contribution in [1.82, 2.24) is 9.97 Å². The predicted molar refractivity (Wildman–Crippen MR) is 82.0 cm³/mol. The fourth-order valence-corrected chi connectivity index (χ4v) is 2.34. The summed E-state index contributed by atoms with van der Waals surface area (Å²) in [6.45, 7) is 1.92. The topological polar surface area (TPSA) is 64.9 Å². The number of anilines is 1. The Hall–Kier alpha value is -2.14. The van der Waals surface area contributed by atoms with Gasteiger partial charge >= 0.3 is 0 Å². The summed E-state index contributed by atoms with van der Waals surface area (Å²) >= 11 is 3.41. The molecule has 1 aromatic carbocycles. The third-order valence-corrected chi connectivity index (χ3v) is 3.68. The molecule has 4 nitrogen and oxygen atoms in total. The zero-order valence-electron chi connectivity index (χ0n) is 10.8. The van der Waals surface area contributed by atoms with E-state index in [1.807, 2.05) is 37.3 Å². The summed E-state index contributed by atoms with van der Waals surface area (Å²) in [5, 5.41) is 0. The average Bonchev–Trinajstić information content (AvgIpc) is 2.89. The first-order valence-corrected chi connectivity index (χ1v) is 6.89. The van der Waals surface area contributed by atoms with E-state index in [0.29, 0.717) is 17.4 Å². The van der Waals surface area contributed by atoms with Crippen LogP contribution in [0.1, 0.15) is 5.56 Å². The molecule has 0 saturated carbocycles. The Bertz CT molecular complexity index is 753. The van der Waals surface area contributed by atoms with Crippen molar-refractivity contribution in [2.24, 2.45) is 0 Å². The lowest BCUT2D eigenvalue weighted by molar-refractivity contribution is 0.576. The molecule has 5 heteroatoms. The van der Waals surface area contributed by atoms with Crippen LogP contribution in [0.15, 0.2) is 51.6 Å². The molecule has 3 rings (SSSR count). The summed E-state index contributed by atoms with van der Waals surface area (Å²) in [7, 11) is 0. The van der Waals surface area contributed by atoms with Crippen molar-refractivity contribution in [2.45, 2.75) is 6.92 Å². The predicted octanol–water partition coefficient (Wildman–Crippen LogP) is 4.06. The van der Waals surface area contributed by atoms with Crippen LogP contribution in [0.5, 0.6) is 0 Å². The van der Waals surface area contributed by atoms with Crippen LogP contribution in [0.4, 0.5) is 5.82 Å². The van der Waals surface area contributed by atoms with Crippen molar-refractivity contribution in [3.05, 3.63) is 52.7 Å². The van der Waals surface area contributed by atoms with E-state index < -0.39 is 0 Å². The van der Waals surface area contributed by atoms with E-state index in [0.717, 1.165) is 21.3 Å². The maximum Gasteiger partial charge on any atom is 0.199 e. The number of aromatic nitrogens is 2. The summed E-state index contributed by atoms with van der Waals surface area (Å²) in [6, 6.07) is 11.7. The van der Waals surface area contributed by atoms with Gasteiger partial charge < -0.3 is 10.2 Å². The molecule has 3 aromatic rings. The van der Waals surface area contributed by atoms with Crippen molar-refractivity contribution in [3.8, 4) is 22.8 Å². The van der Waals surface area contributed by atoms with Crippen LogP contribution in [0, 0.1) is 6.92 Å². The van der Waals surface area contributed by atoms with E-state index in [2.05, 4.69) is 25.9 Å². The van der Waals surface area contributed by atoms with Gasteiger partial charge in [-0.05, 0) is 28.9 Å². The SMILES string of the molecule is Cc1c(N)nc(-c2occc2Br)nc1-c1ccccc1. The Balaban J connectivity index is 2.21. The molecule has 0 radical (unpaired) electrons. The van der Waals surface area contributed by atoms with Crippen LogP contribution < -0.4 is 5.73 Å². The number of rotatable bonds is 2. The van der Waals surface area contributed by atoms with Gasteiger partial charge in [0.05, 0.1) is 16.4 Å². The minimum atomic E-state index is 0.456. The molecule has 2 heterocycles. The minimum Gasteiger partial charge on any atom is -0.460 e.